The molecule has 2 aliphatic heterocycles. The van der Waals surface area contributed by atoms with Gasteiger partial charge in [0.1, 0.15) is 29.6 Å². The second-order valence-electron chi connectivity index (χ2n) is 15.0. The number of nitrogens with zero attached hydrogens (tertiary/aromatic N) is 3. The Morgan fingerprint density at radius 3 is 2.12 bits per heavy atom. The number of fused-ring (bicyclic) bond motifs is 1. The third kappa shape index (κ3) is 10.4. The molecule has 5 unspecified atom stereocenters. The van der Waals surface area contributed by atoms with Gasteiger partial charge in [0.25, 0.3) is 0 Å². The van der Waals surface area contributed by atoms with E-state index < -0.39 is 29.7 Å². The molecule has 2 aromatic carbocycles. The van der Waals surface area contributed by atoms with Crippen LogP contribution in [0.2, 0.25) is 0 Å². The normalized spacial score (nSPS) is 22.0. The molecule has 5 atom stereocenters. The van der Waals surface area contributed by atoms with Crippen LogP contribution in [0.25, 0.3) is 0 Å². The monoisotopic (exact) mass is 704 g/mol. The third-order valence-corrected chi connectivity index (χ3v) is 8.27. The maximum Gasteiger partial charge on any atom is 0.427 e. The number of unbranched alkanes of at least 4 members (excludes halogenated alkanes) is 1. The average Bonchev–Trinajstić information content (AvgIpc) is 3.06. The summed E-state index contributed by atoms with van der Waals surface area (Å²) < 4.78 is 36.8. The lowest BCUT2D eigenvalue weighted by Gasteiger charge is -2.46. The summed E-state index contributed by atoms with van der Waals surface area (Å²) in [4.78, 5) is 37.1. The van der Waals surface area contributed by atoms with E-state index in [-0.39, 0.29) is 42.8 Å². The van der Waals surface area contributed by atoms with Crippen molar-refractivity contribution in [1.82, 2.24) is 9.97 Å². The second-order valence-corrected chi connectivity index (χ2v) is 15.0. The number of amides is 2. The minimum Gasteiger partial charge on any atom is -0.471 e. The quantitative estimate of drug-likeness (QED) is 0.219. The summed E-state index contributed by atoms with van der Waals surface area (Å²) in [5.41, 5.74) is 1.01. The van der Waals surface area contributed by atoms with Crippen LogP contribution >= 0.6 is 0 Å². The van der Waals surface area contributed by atoms with Crippen LogP contribution in [-0.2, 0) is 30.3 Å². The molecule has 2 aliphatic rings. The number of hydrogen-bond acceptors (Lipinski definition) is 11. The molecule has 2 saturated heterocycles. The Morgan fingerprint density at radius 2 is 1.51 bits per heavy atom. The predicted molar refractivity (Wildman–Crippen MR) is 193 cm³/mol. The Morgan fingerprint density at radius 1 is 0.882 bits per heavy atom. The van der Waals surface area contributed by atoms with Gasteiger partial charge >= 0.3 is 12.2 Å². The highest BCUT2D eigenvalue weighted by Crippen LogP contribution is 2.38. The Kier molecular flexibility index (Phi) is 12.2. The Labute approximate surface area is 301 Å². The Balaban J connectivity index is 1.50. The van der Waals surface area contributed by atoms with Crippen molar-refractivity contribution in [2.75, 3.05) is 16.8 Å². The fourth-order valence-electron chi connectivity index (χ4n) is 5.91. The number of rotatable bonds is 10. The summed E-state index contributed by atoms with van der Waals surface area (Å²) in [6.45, 7) is 14.8. The number of aromatic nitrogens is 2. The number of carbonyl (C=O) groups excluding carboxylic acids is 2. The molecule has 5 rings (SSSR count). The van der Waals surface area contributed by atoms with Gasteiger partial charge in [0, 0.05) is 5.56 Å². The zero-order chi connectivity index (χ0) is 36.8. The van der Waals surface area contributed by atoms with E-state index in [1.807, 2.05) is 60.7 Å². The summed E-state index contributed by atoms with van der Waals surface area (Å²) in [5, 5.41) is 3.66. The van der Waals surface area contributed by atoms with Gasteiger partial charge in [-0.3, -0.25) is 0 Å². The van der Waals surface area contributed by atoms with Crippen molar-refractivity contribution in [2.24, 2.45) is 0 Å². The van der Waals surface area contributed by atoms with Crippen LogP contribution < -0.4 is 15.0 Å². The zero-order valence-corrected chi connectivity index (χ0v) is 31.0. The molecule has 12 heteroatoms. The lowest BCUT2D eigenvalue weighted by molar-refractivity contribution is -0.290. The first-order valence-corrected chi connectivity index (χ1v) is 17.8. The van der Waals surface area contributed by atoms with Gasteiger partial charge in [0.2, 0.25) is 11.8 Å². The van der Waals surface area contributed by atoms with E-state index in [0.29, 0.717) is 29.3 Å². The number of anilines is 2. The first-order chi connectivity index (χ1) is 24.2. The average molecular weight is 705 g/mol. The van der Waals surface area contributed by atoms with Crippen LogP contribution in [0.1, 0.15) is 97.3 Å². The van der Waals surface area contributed by atoms with Crippen LogP contribution in [-0.4, -0.2) is 64.3 Å². The smallest absolute Gasteiger partial charge is 0.427 e. The maximum atomic E-state index is 13.5. The molecule has 0 bridgehead atoms. The van der Waals surface area contributed by atoms with Crippen LogP contribution in [0.3, 0.4) is 0 Å². The molecule has 3 heterocycles. The minimum atomic E-state index is -0.971. The molecular weight excluding hydrogens is 652 g/mol. The first kappa shape index (κ1) is 38.0. The molecule has 2 fully saturated rings. The van der Waals surface area contributed by atoms with Gasteiger partial charge in [-0.15, -0.1) is 4.90 Å². The SMILES string of the molecule is CCCCC1OC2COC(c3ccccc3)OC2CC1Nc1c(C)nc(N(C(=O)OC(C)(C)C)C(=O)OC(C)(C)C)nc1OCc1ccccc1. The molecule has 12 nitrogen and oxygen atoms in total. The highest BCUT2D eigenvalue weighted by atomic mass is 16.7. The predicted octanol–water partition coefficient (Wildman–Crippen LogP) is 8.28. The van der Waals surface area contributed by atoms with Gasteiger partial charge in [0.15, 0.2) is 6.29 Å². The number of benzene rings is 2. The van der Waals surface area contributed by atoms with E-state index in [1.54, 1.807) is 48.5 Å². The highest BCUT2D eigenvalue weighted by Gasteiger charge is 2.44. The fourth-order valence-corrected chi connectivity index (χ4v) is 5.91. The van der Waals surface area contributed by atoms with Crippen molar-refractivity contribution in [1.29, 1.82) is 0 Å². The maximum absolute atomic E-state index is 13.5. The molecule has 51 heavy (non-hydrogen) atoms. The summed E-state index contributed by atoms with van der Waals surface area (Å²) in [5.74, 6) is -0.0736. The number of hydrogen-bond donors (Lipinski definition) is 1. The lowest BCUT2D eigenvalue weighted by atomic mass is 9.92. The standard InChI is InChI=1S/C39H52N4O8/c1-9-10-21-29-28(22-30-31(48-29)24-47-34(49-30)27-19-15-12-16-20-27)41-32-25(2)40-35(42-33(32)46-23-26-17-13-11-14-18-26)43(36(44)50-38(3,4)5)37(45)51-39(6,7)8/h11-20,28-31,34,41H,9-10,21-24H2,1-8H3. The van der Waals surface area contributed by atoms with Crippen molar-refractivity contribution < 1.29 is 38.0 Å². The van der Waals surface area contributed by atoms with Gasteiger partial charge < -0.3 is 33.7 Å². The van der Waals surface area contributed by atoms with E-state index >= 15 is 0 Å². The molecular formula is C39H52N4O8. The van der Waals surface area contributed by atoms with Gasteiger partial charge in [-0.1, -0.05) is 80.4 Å². The van der Waals surface area contributed by atoms with Crippen LogP contribution in [0, 0.1) is 6.92 Å². The second kappa shape index (κ2) is 16.4. The number of imide groups is 1. The van der Waals surface area contributed by atoms with Crippen molar-refractivity contribution in [2.45, 2.75) is 130 Å². The topological polar surface area (TPSA) is 131 Å². The van der Waals surface area contributed by atoms with Crippen LogP contribution in [0.5, 0.6) is 5.88 Å². The van der Waals surface area contributed by atoms with E-state index in [2.05, 4.69) is 22.2 Å². The molecule has 0 spiro atoms. The van der Waals surface area contributed by atoms with Crippen LogP contribution in [0.4, 0.5) is 21.2 Å². The fraction of sp³-hybridized carbons (Fsp3) is 0.538. The Bertz CT molecular complexity index is 1580. The largest absolute Gasteiger partial charge is 0.471 e. The van der Waals surface area contributed by atoms with Crippen molar-refractivity contribution in [3.63, 3.8) is 0 Å². The van der Waals surface area contributed by atoms with E-state index in [9.17, 15) is 9.59 Å². The van der Waals surface area contributed by atoms with Crippen molar-refractivity contribution in [3.05, 3.63) is 77.5 Å². The van der Waals surface area contributed by atoms with E-state index in [0.717, 1.165) is 30.4 Å². The van der Waals surface area contributed by atoms with Crippen LogP contribution in [0.15, 0.2) is 60.7 Å². The number of aryl methyl sites for hydroxylation is 1. The van der Waals surface area contributed by atoms with Gasteiger partial charge in [-0.05, 0) is 66.9 Å². The summed E-state index contributed by atoms with van der Waals surface area (Å²) >= 11 is 0. The van der Waals surface area contributed by atoms with Gasteiger partial charge in [0.05, 0.1) is 30.6 Å². The summed E-state index contributed by atoms with van der Waals surface area (Å²) in [7, 11) is 0. The number of nitrogens with one attached hydrogen (secondary N) is 1. The summed E-state index contributed by atoms with van der Waals surface area (Å²) in [6.07, 6.45) is 0.396. The summed E-state index contributed by atoms with van der Waals surface area (Å²) in [6, 6.07) is 19.3. The van der Waals surface area contributed by atoms with Crippen molar-refractivity contribution >= 4 is 23.8 Å². The minimum absolute atomic E-state index is 0.157. The number of ether oxygens (including phenoxy) is 6. The van der Waals surface area contributed by atoms with Gasteiger partial charge in [-0.25, -0.2) is 14.6 Å². The number of carbonyl (C=O) groups is 2. The van der Waals surface area contributed by atoms with E-state index in [4.69, 9.17) is 28.4 Å². The molecule has 1 aromatic heterocycles. The molecule has 1 N–H and O–H groups in total. The zero-order valence-electron chi connectivity index (χ0n) is 31.0. The van der Waals surface area contributed by atoms with E-state index in [1.165, 1.54) is 0 Å². The molecule has 2 amide bonds. The molecule has 0 saturated carbocycles. The van der Waals surface area contributed by atoms with Crippen molar-refractivity contribution in [3.8, 4) is 5.88 Å². The molecule has 276 valence electrons. The van der Waals surface area contributed by atoms with Gasteiger partial charge in [-0.2, -0.15) is 4.98 Å². The molecule has 3 aromatic rings. The Hall–Kier alpha value is -4.26. The third-order valence-electron chi connectivity index (χ3n) is 8.27. The molecule has 0 aliphatic carbocycles. The lowest BCUT2D eigenvalue weighted by Crippen LogP contribution is -2.55. The highest BCUT2D eigenvalue weighted by molar-refractivity contribution is 6.08. The first-order valence-electron chi connectivity index (χ1n) is 17.8. The molecule has 0 radical (unpaired) electrons.